The van der Waals surface area contributed by atoms with Crippen molar-refractivity contribution in [3.63, 3.8) is 0 Å². The van der Waals surface area contributed by atoms with Crippen LogP contribution in [0, 0.1) is 6.92 Å². The van der Waals surface area contributed by atoms with Gasteiger partial charge < -0.3 is 5.32 Å². The highest BCUT2D eigenvalue weighted by Gasteiger charge is 2.06. The summed E-state index contributed by atoms with van der Waals surface area (Å²) >= 11 is 1.18. The molecule has 64 valence electrons. The van der Waals surface area contributed by atoms with Gasteiger partial charge in [-0.3, -0.25) is 9.59 Å². The Labute approximate surface area is 73.6 Å². The van der Waals surface area contributed by atoms with Crippen LogP contribution in [0.1, 0.15) is 22.3 Å². The number of hydrogen-bond acceptors (Lipinski definition) is 4. The van der Waals surface area contributed by atoms with Gasteiger partial charge in [0.15, 0.2) is 11.4 Å². The molecule has 1 heterocycles. The molecule has 0 unspecified atom stereocenters. The van der Waals surface area contributed by atoms with Crippen LogP contribution < -0.4 is 5.32 Å². The van der Waals surface area contributed by atoms with Gasteiger partial charge in [-0.15, -0.1) is 0 Å². The lowest BCUT2D eigenvalue weighted by Gasteiger charge is -1.91. The Balaban J connectivity index is 2.89. The maximum absolute atomic E-state index is 10.6. The Morgan fingerprint density at radius 3 is 2.75 bits per heavy atom. The fraction of sp³-hybridized carbons (Fsp3) is 0.286. The van der Waals surface area contributed by atoms with Crippen LogP contribution in [0.15, 0.2) is 0 Å². The summed E-state index contributed by atoms with van der Waals surface area (Å²) in [4.78, 5) is 25.5. The summed E-state index contributed by atoms with van der Waals surface area (Å²) < 4.78 is 0. The Morgan fingerprint density at radius 1 is 1.67 bits per heavy atom. The zero-order valence-electron chi connectivity index (χ0n) is 6.75. The van der Waals surface area contributed by atoms with E-state index in [0.717, 1.165) is 6.29 Å². The predicted octanol–water partition coefficient (Wildman–Crippen LogP) is 1.22. The molecule has 0 bridgehead atoms. The molecule has 1 rings (SSSR count). The van der Waals surface area contributed by atoms with E-state index in [2.05, 4.69) is 10.3 Å². The lowest BCUT2D eigenvalue weighted by atomic mass is 10.4. The van der Waals surface area contributed by atoms with E-state index in [1.807, 2.05) is 0 Å². The van der Waals surface area contributed by atoms with E-state index < -0.39 is 0 Å². The second-order valence-corrected chi connectivity index (χ2v) is 3.30. The number of thiazole rings is 1. The molecular weight excluding hydrogens is 176 g/mol. The predicted molar refractivity (Wildman–Crippen MR) is 46.5 cm³/mol. The smallest absolute Gasteiger partial charge is 0.223 e. The summed E-state index contributed by atoms with van der Waals surface area (Å²) in [5.74, 6) is -0.179. The lowest BCUT2D eigenvalue weighted by molar-refractivity contribution is -0.114. The fourth-order valence-electron chi connectivity index (χ4n) is 0.722. The van der Waals surface area contributed by atoms with Crippen LogP contribution in [-0.4, -0.2) is 17.2 Å². The average Bonchev–Trinajstić information content (AvgIpc) is 2.29. The van der Waals surface area contributed by atoms with Gasteiger partial charge >= 0.3 is 0 Å². The van der Waals surface area contributed by atoms with Crippen molar-refractivity contribution in [1.82, 2.24) is 4.98 Å². The molecule has 0 spiro atoms. The van der Waals surface area contributed by atoms with Gasteiger partial charge in [-0.1, -0.05) is 11.3 Å². The van der Waals surface area contributed by atoms with Crippen LogP contribution in [0.5, 0.6) is 0 Å². The van der Waals surface area contributed by atoms with Crippen LogP contribution in [-0.2, 0) is 4.79 Å². The monoisotopic (exact) mass is 184 g/mol. The van der Waals surface area contributed by atoms with Crippen LogP contribution in [0.3, 0.4) is 0 Å². The number of aldehydes is 1. The summed E-state index contributed by atoms with van der Waals surface area (Å²) in [6.07, 6.45) is 0.734. The molecular formula is C7H8N2O2S. The van der Waals surface area contributed by atoms with E-state index in [1.54, 1.807) is 6.92 Å². The van der Waals surface area contributed by atoms with Gasteiger partial charge in [0, 0.05) is 6.92 Å². The van der Waals surface area contributed by atoms with Crippen molar-refractivity contribution in [2.75, 3.05) is 5.32 Å². The summed E-state index contributed by atoms with van der Waals surface area (Å²) in [6, 6.07) is 0. The van der Waals surface area contributed by atoms with E-state index in [4.69, 9.17) is 0 Å². The third kappa shape index (κ3) is 1.88. The first-order valence-electron chi connectivity index (χ1n) is 3.33. The number of nitrogens with one attached hydrogen (secondary N) is 1. The molecule has 0 aliphatic heterocycles. The summed E-state index contributed by atoms with van der Waals surface area (Å²) in [5.41, 5.74) is 0.652. The zero-order chi connectivity index (χ0) is 9.14. The summed E-state index contributed by atoms with van der Waals surface area (Å²) in [5, 5.41) is 2.98. The minimum absolute atomic E-state index is 0.179. The van der Waals surface area contributed by atoms with Crippen LogP contribution >= 0.6 is 11.3 Å². The number of anilines is 1. The SMILES string of the molecule is CC(=O)Nc1nc(C)c(C=O)s1. The van der Waals surface area contributed by atoms with Gasteiger partial charge in [0.1, 0.15) is 0 Å². The van der Waals surface area contributed by atoms with Gasteiger partial charge in [-0.25, -0.2) is 4.98 Å². The maximum Gasteiger partial charge on any atom is 0.223 e. The largest absolute Gasteiger partial charge is 0.302 e. The van der Waals surface area contributed by atoms with Crippen LogP contribution in [0.2, 0.25) is 0 Å². The Kier molecular flexibility index (Phi) is 2.54. The first-order valence-corrected chi connectivity index (χ1v) is 4.15. The molecule has 0 radical (unpaired) electrons. The van der Waals surface area contributed by atoms with E-state index in [9.17, 15) is 9.59 Å². The molecule has 0 saturated heterocycles. The number of rotatable bonds is 2. The third-order valence-electron chi connectivity index (χ3n) is 1.22. The van der Waals surface area contributed by atoms with Crippen molar-refractivity contribution in [3.05, 3.63) is 10.6 Å². The van der Waals surface area contributed by atoms with E-state index in [0.29, 0.717) is 15.7 Å². The molecule has 0 saturated carbocycles. The Hall–Kier alpha value is -1.23. The molecule has 1 amide bonds. The number of aryl methyl sites for hydroxylation is 1. The van der Waals surface area contributed by atoms with E-state index in [1.165, 1.54) is 18.3 Å². The van der Waals surface area contributed by atoms with Crippen molar-refractivity contribution in [2.24, 2.45) is 0 Å². The molecule has 0 atom stereocenters. The van der Waals surface area contributed by atoms with Gasteiger partial charge in [-0.05, 0) is 6.92 Å². The van der Waals surface area contributed by atoms with Gasteiger partial charge in [-0.2, -0.15) is 0 Å². The normalized spacial score (nSPS) is 9.50. The highest BCUT2D eigenvalue weighted by Crippen LogP contribution is 2.20. The average molecular weight is 184 g/mol. The molecule has 12 heavy (non-hydrogen) atoms. The quantitative estimate of drug-likeness (QED) is 0.703. The first-order chi connectivity index (χ1) is 5.63. The second-order valence-electron chi connectivity index (χ2n) is 2.27. The molecule has 1 aromatic heterocycles. The number of carbonyl (C=O) groups is 2. The molecule has 0 aliphatic rings. The maximum atomic E-state index is 10.6. The lowest BCUT2D eigenvalue weighted by Crippen LogP contribution is -2.04. The minimum Gasteiger partial charge on any atom is -0.302 e. The highest BCUT2D eigenvalue weighted by molar-refractivity contribution is 7.17. The third-order valence-corrected chi connectivity index (χ3v) is 2.22. The highest BCUT2D eigenvalue weighted by atomic mass is 32.1. The number of aromatic nitrogens is 1. The fourth-order valence-corrected chi connectivity index (χ4v) is 1.55. The van der Waals surface area contributed by atoms with Gasteiger partial charge in [0.2, 0.25) is 5.91 Å². The van der Waals surface area contributed by atoms with Gasteiger partial charge in [0.05, 0.1) is 10.6 Å². The van der Waals surface area contributed by atoms with Crippen molar-refractivity contribution >= 4 is 28.7 Å². The van der Waals surface area contributed by atoms with Crippen molar-refractivity contribution in [1.29, 1.82) is 0 Å². The van der Waals surface area contributed by atoms with E-state index in [-0.39, 0.29) is 5.91 Å². The van der Waals surface area contributed by atoms with Crippen molar-refractivity contribution < 1.29 is 9.59 Å². The zero-order valence-corrected chi connectivity index (χ0v) is 7.57. The molecule has 0 fully saturated rings. The topological polar surface area (TPSA) is 59.1 Å². The van der Waals surface area contributed by atoms with Gasteiger partial charge in [0.25, 0.3) is 0 Å². The summed E-state index contributed by atoms with van der Waals surface area (Å²) in [7, 11) is 0. The number of nitrogens with zero attached hydrogens (tertiary/aromatic N) is 1. The molecule has 0 aromatic carbocycles. The number of carbonyl (C=O) groups excluding carboxylic acids is 2. The minimum atomic E-state index is -0.179. The Morgan fingerprint density at radius 2 is 2.33 bits per heavy atom. The number of hydrogen-bond donors (Lipinski definition) is 1. The molecule has 5 heteroatoms. The second kappa shape index (κ2) is 3.44. The molecule has 4 nitrogen and oxygen atoms in total. The first kappa shape index (κ1) is 8.86. The Bertz CT molecular complexity index is 319. The van der Waals surface area contributed by atoms with Crippen LogP contribution in [0.4, 0.5) is 5.13 Å². The van der Waals surface area contributed by atoms with Crippen molar-refractivity contribution in [3.8, 4) is 0 Å². The van der Waals surface area contributed by atoms with E-state index >= 15 is 0 Å². The molecule has 1 N–H and O–H groups in total. The number of amides is 1. The standard InChI is InChI=1S/C7H8N2O2S/c1-4-6(3-10)12-7(8-4)9-5(2)11/h3H,1-2H3,(H,8,9,11). The molecule has 0 aliphatic carbocycles. The molecule has 1 aromatic rings. The summed E-state index contributed by atoms with van der Waals surface area (Å²) in [6.45, 7) is 3.13. The van der Waals surface area contributed by atoms with Crippen molar-refractivity contribution in [2.45, 2.75) is 13.8 Å². The van der Waals surface area contributed by atoms with Crippen LogP contribution in [0.25, 0.3) is 0 Å².